The largest absolute Gasteiger partial charge is 0.383 e. The Bertz CT molecular complexity index is 687. The Balaban J connectivity index is 1.76. The third-order valence-corrected chi connectivity index (χ3v) is 3.91. The topological polar surface area (TPSA) is 67.3 Å². The first-order valence-electron chi connectivity index (χ1n) is 7.67. The highest BCUT2D eigenvalue weighted by Gasteiger charge is 2.28. The van der Waals surface area contributed by atoms with Gasteiger partial charge >= 0.3 is 0 Å². The summed E-state index contributed by atoms with van der Waals surface area (Å²) in [6.07, 6.45) is 4.11. The summed E-state index contributed by atoms with van der Waals surface area (Å²) in [5.41, 5.74) is 2.88. The number of anilines is 2. The number of nitrogens with zero attached hydrogens (tertiary/aromatic N) is 3. The molecule has 6 heteroatoms. The fourth-order valence-corrected chi connectivity index (χ4v) is 2.80. The summed E-state index contributed by atoms with van der Waals surface area (Å²) in [7, 11) is 1.60. The van der Waals surface area contributed by atoms with Gasteiger partial charge in [-0.3, -0.25) is 4.79 Å². The molecule has 1 unspecified atom stereocenters. The lowest BCUT2D eigenvalue weighted by molar-refractivity contribution is 0.0936. The molecular weight excluding hydrogens is 292 g/mol. The number of carbonyl (C=O) groups excluding carboxylic acids is 1. The molecule has 0 radical (unpaired) electrons. The van der Waals surface area contributed by atoms with Crippen molar-refractivity contribution in [1.82, 2.24) is 15.3 Å². The highest BCUT2D eigenvalue weighted by Crippen LogP contribution is 2.35. The van der Waals surface area contributed by atoms with Gasteiger partial charge in [0, 0.05) is 37.8 Å². The lowest BCUT2D eigenvalue weighted by atomic mass is 10.1. The first-order chi connectivity index (χ1) is 11.2. The lowest BCUT2D eigenvalue weighted by Crippen LogP contribution is -2.28. The number of para-hydroxylation sites is 1. The number of methoxy groups -OCH3 is 1. The van der Waals surface area contributed by atoms with Crippen LogP contribution in [-0.4, -0.2) is 42.2 Å². The number of hydrogen-bond acceptors (Lipinski definition) is 5. The second-order valence-electron chi connectivity index (χ2n) is 5.57. The predicted molar refractivity (Wildman–Crippen MR) is 88.0 cm³/mol. The highest BCUT2D eigenvalue weighted by atomic mass is 16.5. The average molecular weight is 312 g/mol. The van der Waals surface area contributed by atoms with Gasteiger partial charge in [0.25, 0.3) is 5.91 Å². The number of benzene rings is 1. The summed E-state index contributed by atoms with van der Waals surface area (Å²) in [5.74, 6) is 0.430. The number of nitrogens with one attached hydrogen (secondary N) is 1. The Morgan fingerprint density at radius 3 is 2.83 bits per heavy atom. The summed E-state index contributed by atoms with van der Waals surface area (Å²) in [4.78, 5) is 22.8. The molecule has 0 aliphatic carbocycles. The summed E-state index contributed by atoms with van der Waals surface area (Å²) >= 11 is 0. The zero-order chi connectivity index (χ0) is 16.2. The quantitative estimate of drug-likeness (QED) is 0.855. The Kier molecular flexibility index (Phi) is 4.52. The predicted octanol–water partition coefficient (Wildman–Crippen LogP) is 1.94. The molecule has 0 fully saturated rings. The third kappa shape index (κ3) is 3.17. The maximum absolute atomic E-state index is 12.0. The van der Waals surface area contributed by atoms with Crippen LogP contribution in [0.5, 0.6) is 0 Å². The molecule has 1 aliphatic heterocycles. The van der Waals surface area contributed by atoms with Crippen molar-refractivity contribution in [2.45, 2.75) is 19.4 Å². The van der Waals surface area contributed by atoms with E-state index in [2.05, 4.69) is 39.2 Å². The van der Waals surface area contributed by atoms with E-state index in [1.807, 2.05) is 12.1 Å². The van der Waals surface area contributed by atoms with E-state index in [-0.39, 0.29) is 5.91 Å². The van der Waals surface area contributed by atoms with Gasteiger partial charge in [0.05, 0.1) is 12.2 Å². The summed E-state index contributed by atoms with van der Waals surface area (Å²) in [6.45, 7) is 3.09. The molecule has 1 aromatic carbocycles. The molecule has 0 saturated carbocycles. The maximum atomic E-state index is 12.0. The number of carbonyl (C=O) groups is 1. The first kappa shape index (κ1) is 15.4. The van der Waals surface area contributed by atoms with Crippen molar-refractivity contribution in [3.63, 3.8) is 0 Å². The van der Waals surface area contributed by atoms with Gasteiger partial charge < -0.3 is 15.0 Å². The van der Waals surface area contributed by atoms with Crippen LogP contribution in [-0.2, 0) is 11.2 Å². The van der Waals surface area contributed by atoms with Gasteiger partial charge in [-0.05, 0) is 25.0 Å². The van der Waals surface area contributed by atoms with Crippen LogP contribution in [0.3, 0.4) is 0 Å². The van der Waals surface area contributed by atoms with Crippen molar-refractivity contribution in [1.29, 1.82) is 0 Å². The van der Waals surface area contributed by atoms with Gasteiger partial charge in [0.2, 0.25) is 5.95 Å². The number of fused-ring (bicyclic) bond motifs is 1. The van der Waals surface area contributed by atoms with Crippen molar-refractivity contribution < 1.29 is 9.53 Å². The van der Waals surface area contributed by atoms with Crippen LogP contribution >= 0.6 is 0 Å². The Labute approximate surface area is 135 Å². The second-order valence-corrected chi connectivity index (χ2v) is 5.57. The van der Waals surface area contributed by atoms with E-state index >= 15 is 0 Å². The van der Waals surface area contributed by atoms with Crippen molar-refractivity contribution in [2.24, 2.45) is 0 Å². The molecule has 1 N–H and O–H groups in total. The van der Waals surface area contributed by atoms with Crippen molar-refractivity contribution in [3.05, 3.63) is 47.8 Å². The zero-order valence-electron chi connectivity index (χ0n) is 13.3. The van der Waals surface area contributed by atoms with E-state index in [0.717, 1.165) is 12.1 Å². The smallest absolute Gasteiger partial charge is 0.254 e. The minimum absolute atomic E-state index is 0.191. The van der Waals surface area contributed by atoms with Crippen LogP contribution in [0.2, 0.25) is 0 Å². The third-order valence-electron chi connectivity index (χ3n) is 3.91. The molecule has 0 spiro atoms. The molecule has 0 saturated heterocycles. The van der Waals surface area contributed by atoms with Gasteiger partial charge in [0.1, 0.15) is 0 Å². The van der Waals surface area contributed by atoms with Crippen LogP contribution in [0, 0.1) is 0 Å². The van der Waals surface area contributed by atoms with Gasteiger partial charge in [-0.25, -0.2) is 9.97 Å². The number of aromatic nitrogens is 2. The summed E-state index contributed by atoms with van der Waals surface area (Å²) in [5, 5.41) is 2.76. The fourth-order valence-electron chi connectivity index (χ4n) is 2.80. The van der Waals surface area contributed by atoms with Crippen LogP contribution < -0.4 is 10.2 Å². The molecule has 6 nitrogen and oxygen atoms in total. The molecule has 120 valence electrons. The second kappa shape index (κ2) is 6.75. The van der Waals surface area contributed by atoms with Gasteiger partial charge in [0.15, 0.2) is 0 Å². The minimum atomic E-state index is -0.191. The number of hydrogen-bond donors (Lipinski definition) is 1. The Hall–Kier alpha value is -2.47. The van der Waals surface area contributed by atoms with E-state index < -0.39 is 0 Å². The van der Waals surface area contributed by atoms with Crippen molar-refractivity contribution in [2.75, 3.05) is 25.2 Å². The molecule has 1 amide bonds. The molecule has 1 atom stereocenters. The van der Waals surface area contributed by atoms with E-state index in [1.165, 1.54) is 5.56 Å². The van der Waals surface area contributed by atoms with Gasteiger partial charge in [-0.2, -0.15) is 0 Å². The molecule has 3 rings (SSSR count). The van der Waals surface area contributed by atoms with Crippen LogP contribution in [0.4, 0.5) is 11.6 Å². The maximum Gasteiger partial charge on any atom is 0.254 e. The molecular formula is C17H20N4O2. The average Bonchev–Trinajstić information content (AvgIpc) is 2.91. The monoisotopic (exact) mass is 312 g/mol. The number of amides is 1. The Morgan fingerprint density at radius 2 is 2.09 bits per heavy atom. The molecule has 1 aromatic heterocycles. The lowest BCUT2D eigenvalue weighted by Gasteiger charge is -2.22. The minimum Gasteiger partial charge on any atom is -0.383 e. The SMILES string of the molecule is COCCNC(=O)c1cnc(N2c3ccccc3CC2C)nc1. The van der Waals surface area contributed by atoms with E-state index in [0.29, 0.717) is 30.7 Å². The Morgan fingerprint density at radius 1 is 1.35 bits per heavy atom. The molecule has 23 heavy (non-hydrogen) atoms. The van der Waals surface area contributed by atoms with Crippen LogP contribution in [0.25, 0.3) is 0 Å². The summed E-state index contributed by atoms with van der Waals surface area (Å²) < 4.78 is 4.91. The van der Waals surface area contributed by atoms with Gasteiger partial charge in [-0.15, -0.1) is 0 Å². The van der Waals surface area contributed by atoms with E-state index in [1.54, 1.807) is 19.5 Å². The van der Waals surface area contributed by atoms with E-state index in [9.17, 15) is 4.79 Å². The number of ether oxygens (including phenoxy) is 1. The van der Waals surface area contributed by atoms with Gasteiger partial charge in [-0.1, -0.05) is 18.2 Å². The number of rotatable bonds is 5. The first-order valence-corrected chi connectivity index (χ1v) is 7.67. The zero-order valence-corrected chi connectivity index (χ0v) is 13.3. The molecule has 1 aliphatic rings. The van der Waals surface area contributed by atoms with Crippen molar-refractivity contribution >= 4 is 17.5 Å². The highest BCUT2D eigenvalue weighted by molar-refractivity contribution is 5.93. The molecule has 0 bridgehead atoms. The van der Waals surface area contributed by atoms with E-state index in [4.69, 9.17) is 4.74 Å². The molecule has 2 heterocycles. The molecule has 2 aromatic rings. The fraction of sp³-hybridized carbons (Fsp3) is 0.353. The standard InChI is InChI=1S/C17H20N4O2/c1-12-9-13-5-3-4-6-15(13)21(12)17-19-10-14(11-20-17)16(22)18-7-8-23-2/h3-6,10-12H,7-9H2,1-2H3,(H,18,22). The van der Waals surface area contributed by atoms with Crippen LogP contribution in [0.15, 0.2) is 36.7 Å². The van der Waals surface area contributed by atoms with Crippen molar-refractivity contribution in [3.8, 4) is 0 Å². The van der Waals surface area contributed by atoms with Crippen LogP contribution in [0.1, 0.15) is 22.8 Å². The normalized spacial score (nSPS) is 16.3. The summed E-state index contributed by atoms with van der Waals surface area (Å²) in [6, 6.07) is 8.57.